The van der Waals surface area contributed by atoms with Crippen molar-refractivity contribution in [2.75, 3.05) is 6.61 Å². The second-order valence-electron chi connectivity index (χ2n) is 3.95. The van der Waals surface area contributed by atoms with Crippen LogP contribution < -0.4 is 0 Å². The van der Waals surface area contributed by atoms with Crippen LogP contribution in [0.5, 0.6) is 0 Å². The second kappa shape index (κ2) is 6.83. The molecule has 1 heterocycles. The fourth-order valence-electron chi connectivity index (χ4n) is 1.90. The molecule has 0 aromatic carbocycles. The molecule has 0 spiro atoms. The van der Waals surface area contributed by atoms with Crippen molar-refractivity contribution in [3.05, 3.63) is 0 Å². The number of halogens is 1. The van der Waals surface area contributed by atoms with E-state index < -0.39 is 0 Å². The lowest BCUT2D eigenvalue weighted by Gasteiger charge is -2.11. The van der Waals surface area contributed by atoms with Gasteiger partial charge in [0, 0.05) is 11.4 Å². The predicted molar refractivity (Wildman–Crippen MR) is 60.4 cm³/mol. The van der Waals surface area contributed by atoms with Crippen LogP contribution in [-0.2, 0) is 4.74 Å². The van der Waals surface area contributed by atoms with E-state index in [-0.39, 0.29) is 0 Å². The van der Waals surface area contributed by atoms with Crippen molar-refractivity contribution in [1.82, 2.24) is 0 Å². The van der Waals surface area contributed by atoms with Crippen molar-refractivity contribution in [1.29, 1.82) is 0 Å². The molecule has 1 saturated heterocycles. The first-order valence-corrected chi connectivity index (χ1v) is 6.50. The van der Waals surface area contributed by atoms with Crippen LogP contribution in [0.15, 0.2) is 0 Å². The lowest BCUT2D eigenvalue weighted by Crippen LogP contribution is -2.06. The largest absolute Gasteiger partial charge is 0.378 e. The fourth-order valence-corrected chi connectivity index (χ4v) is 2.68. The Morgan fingerprint density at radius 1 is 1.46 bits per heavy atom. The molecule has 1 aliphatic rings. The summed E-state index contributed by atoms with van der Waals surface area (Å²) in [5, 5.41) is 0. The monoisotopic (exact) mass is 248 g/mol. The van der Waals surface area contributed by atoms with Crippen LogP contribution in [0.3, 0.4) is 0 Å². The van der Waals surface area contributed by atoms with Gasteiger partial charge in [0.15, 0.2) is 0 Å². The maximum atomic E-state index is 5.58. The molecular weight excluding hydrogens is 228 g/mol. The van der Waals surface area contributed by atoms with Crippen LogP contribution in [0.4, 0.5) is 0 Å². The van der Waals surface area contributed by atoms with Gasteiger partial charge >= 0.3 is 0 Å². The molecule has 0 radical (unpaired) electrons. The van der Waals surface area contributed by atoms with E-state index in [2.05, 4.69) is 22.9 Å². The maximum Gasteiger partial charge on any atom is 0.0576 e. The number of alkyl halides is 1. The molecule has 0 aromatic rings. The molecule has 2 unspecified atom stereocenters. The Balaban J connectivity index is 1.93. The lowest BCUT2D eigenvalue weighted by molar-refractivity contribution is 0.102. The van der Waals surface area contributed by atoms with E-state index >= 15 is 0 Å². The summed E-state index contributed by atoms with van der Waals surface area (Å²) in [6.07, 6.45) is 9.65. The molecule has 1 fully saturated rings. The Labute approximate surface area is 90.4 Å². The average Bonchev–Trinajstić information content (AvgIpc) is 2.57. The summed E-state index contributed by atoms with van der Waals surface area (Å²) >= 11 is 3.71. The summed E-state index contributed by atoms with van der Waals surface area (Å²) in [6.45, 7) is 3.24. The van der Waals surface area contributed by atoms with Crippen LogP contribution in [-0.4, -0.2) is 17.5 Å². The highest BCUT2D eigenvalue weighted by Gasteiger charge is 2.15. The summed E-state index contributed by atoms with van der Waals surface area (Å²) < 4.78 is 5.58. The highest BCUT2D eigenvalue weighted by Crippen LogP contribution is 2.21. The van der Waals surface area contributed by atoms with Crippen LogP contribution in [0.1, 0.15) is 51.9 Å². The van der Waals surface area contributed by atoms with Crippen molar-refractivity contribution in [2.45, 2.75) is 62.8 Å². The molecule has 0 aliphatic carbocycles. The lowest BCUT2D eigenvalue weighted by atomic mass is 10.1. The van der Waals surface area contributed by atoms with Gasteiger partial charge in [0.1, 0.15) is 0 Å². The van der Waals surface area contributed by atoms with E-state index in [9.17, 15) is 0 Å². The topological polar surface area (TPSA) is 9.23 Å². The van der Waals surface area contributed by atoms with Crippen LogP contribution in [0, 0.1) is 0 Å². The van der Waals surface area contributed by atoms with Crippen molar-refractivity contribution < 1.29 is 4.74 Å². The zero-order valence-electron chi connectivity index (χ0n) is 8.60. The number of ether oxygens (including phenoxy) is 1. The van der Waals surface area contributed by atoms with Crippen molar-refractivity contribution in [3.63, 3.8) is 0 Å². The molecule has 1 rings (SSSR count). The molecule has 0 bridgehead atoms. The third-order valence-electron chi connectivity index (χ3n) is 2.67. The molecule has 2 atom stereocenters. The van der Waals surface area contributed by atoms with E-state index in [0.717, 1.165) is 11.4 Å². The molecule has 1 nitrogen and oxygen atoms in total. The van der Waals surface area contributed by atoms with Gasteiger partial charge in [-0.2, -0.15) is 0 Å². The number of hydrogen-bond acceptors (Lipinski definition) is 1. The summed E-state index contributed by atoms with van der Waals surface area (Å²) in [7, 11) is 0. The first kappa shape index (κ1) is 11.5. The van der Waals surface area contributed by atoms with Gasteiger partial charge in [-0.05, 0) is 38.5 Å². The van der Waals surface area contributed by atoms with E-state index in [1.165, 1.54) is 44.9 Å². The molecular formula is C11H21BrO. The summed E-state index contributed by atoms with van der Waals surface area (Å²) in [6, 6.07) is 0. The van der Waals surface area contributed by atoms with Gasteiger partial charge in [-0.15, -0.1) is 0 Å². The smallest absolute Gasteiger partial charge is 0.0576 e. The minimum atomic E-state index is 0.585. The molecule has 78 valence electrons. The highest BCUT2D eigenvalue weighted by atomic mass is 79.9. The summed E-state index contributed by atoms with van der Waals surface area (Å²) in [4.78, 5) is 0.735. The number of rotatable bonds is 6. The summed E-state index contributed by atoms with van der Waals surface area (Å²) in [5.74, 6) is 0. The van der Waals surface area contributed by atoms with E-state index in [1.54, 1.807) is 0 Å². The number of hydrogen-bond donors (Lipinski definition) is 0. The Bertz CT molecular complexity index is 121. The van der Waals surface area contributed by atoms with Crippen LogP contribution >= 0.6 is 15.9 Å². The molecule has 2 heteroatoms. The van der Waals surface area contributed by atoms with E-state index in [1.807, 2.05) is 0 Å². The van der Waals surface area contributed by atoms with E-state index in [0.29, 0.717) is 6.10 Å². The van der Waals surface area contributed by atoms with Crippen LogP contribution in [0.25, 0.3) is 0 Å². The van der Waals surface area contributed by atoms with Gasteiger partial charge in [-0.1, -0.05) is 29.3 Å². The average molecular weight is 249 g/mol. The van der Waals surface area contributed by atoms with Crippen molar-refractivity contribution >= 4 is 15.9 Å². The Morgan fingerprint density at radius 3 is 2.92 bits per heavy atom. The zero-order valence-corrected chi connectivity index (χ0v) is 10.2. The quantitative estimate of drug-likeness (QED) is 0.649. The molecule has 0 aromatic heterocycles. The molecule has 13 heavy (non-hydrogen) atoms. The van der Waals surface area contributed by atoms with Gasteiger partial charge in [0.05, 0.1) is 6.10 Å². The third kappa shape index (κ3) is 5.02. The molecule has 0 N–H and O–H groups in total. The van der Waals surface area contributed by atoms with Gasteiger partial charge in [-0.3, -0.25) is 0 Å². The normalized spacial score (nSPS) is 24.9. The molecule has 0 saturated carbocycles. The minimum Gasteiger partial charge on any atom is -0.378 e. The minimum absolute atomic E-state index is 0.585. The summed E-state index contributed by atoms with van der Waals surface area (Å²) in [5.41, 5.74) is 0. The fraction of sp³-hybridized carbons (Fsp3) is 1.00. The Morgan fingerprint density at radius 2 is 2.31 bits per heavy atom. The first-order chi connectivity index (χ1) is 6.33. The van der Waals surface area contributed by atoms with Gasteiger partial charge < -0.3 is 4.74 Å². The Hall–Kier alpha value is 0.440. The molecule has 0 amide bonds. The predicted octanol–water partition coefficient (Wildman–Crippen LogP) is 3.90. The van der Waals surface area contributed by atoms with Crippen molar-refractivity contribution in [2.24, 2.45) is 0 Å². The Kier molecular flexibility index (Phi) is 6.05. The van der Waals surface area contributed by atoms with E-state index in [4.69, 9.17) is 4.74 Å². The molecule has 1 aliphatic heterocycles. The third-order valence-corrected chi connectivity index (χ3v) is 3.59. The van der Waals surface area contributed by atoms with Gasteiger partial charge in [0.2, 0.25) is 0 Å². The zero-order chi connectivity index (χ0) is 9.52. The first-order valence-electron chi connectivity index (χ1n) is 5.58. The maximum absolute atomic E-state index is 5.58. The van der Waals surface area contributed by atoms with Crippen molar-refractivity contribution in [3.8, 4) is 0 Å². The van der Waals surface area contributed by atoms with Gasteiger partial charge in [-0.25, -0.2) is 0 Å². The highest BCUT2D eigenvalue weighted by molar-refractivity contribution is 9.09. The second-order valence-corrected chi connectivity index (χ2v) is 5.25. The van der Waals surface area contributed by atoms with Crippen LogP contribution in [0.2, 0.25) is 0 Å². The SMILES string of the molecule is CCCC(Br)CCCC1CCCO1. The standard InChI is InChI=1S/C11H21BrO/c1-2-5-10(12)6-3-7-11-8-4-9-13-11/h10-11H,2-9H2,1H3. The van der Waals surface area contributed by atoms with Gasteiger partial charge in [0.25, 0.3) is 0 Å².